The van der Waals surface area contributed by atoms with E-state index in [1.165, 1.54) is 11.4 Å². The SMILES string of the molecule is CC(C)NCC1CC1c1ncc(Cl)s1. The third-order valence-corrected chi connectivity index (χ3v) is 3.77. The quantitative estimate of drug-likeness (QED) is 0.861. The molecule has 0 aromatic carbocycles. The van der Waals surface area contributed by atoms with Crippen molar-refractivity contribution in [2.75, 3.05) is 6.54 Å². The molecule has 4 heteroatoms. The lowest BCUT2D eigenvalue weighted by Crippen LogP contribution is -2.25. The van der Waals surface area contributed by atoms with Crippen LogP contribution in [0.1, 0.15) is 31.2 Å². The molecule has 2 nitrogen and oxygen atoms in total. The number of nitrogens with zero attached hydrogens (tertiary/aromatic N) is 1. The second-order valence-electron chi connectivity index (χ2n) is 4.17. The second kappa shape index (κ2) is 4.17. The third kappa shape index (κ3) is 2.47. The number of hydrogen-bond donors (Lipinski definition) is 1. The Balaban J connectivity index is 1.81. The molecule has 1 saturated carbocycles. The van der Waals surface area contributed by atoms with Crippen LogP contribution in [-0.2, 0) is 0 Å². The van der Waals surface area contributed by atoms with Gasteiger partial charge in [0.1, 0.15) is 4.34 Å². The first kappa shape index (κ1) is 10.4. The average Bonchev–Trinajstić information content (AvgIpc) is 2.78. The van der Waals surface area contributed by atoms with Crippen LogP contribution in [0.4, 0.5) is 0 Å². The van der Waals surface area contributed by atoms with E-state index in [1.807, 2.05) is 0 Å². The van der Waals surface area contributed by atoms with Crippen molar-refractivity contribution in [1.29, 1.82) is 0 Å². The zero-order valence-electron chi connectivity index (χ0n) is 8.46. The molecule has 0 aliphatic heterocycles. The summed E-state index contributed by atoms with van der Waals surface area (Å²) in [5.74, 6) is 1.44. The molecule has 0 bridgehead atoms. The molecule has 2 unspecified atom stereocenters. The Kier molecular flexibility index (Phi) is 3.10. The normalized spacial score (nSPS) is 25.7. The van der Waals surface area contributed by atoms with Crippen LogP contribution in [0.2, 0.25) is 4.34 Å². The lowest BCUT2D eigenvalue weighted by atomic mass is 10.3. The van der Waals surface area contributed by atoms with Crippen LogP contribution < -0.4 is 5.32 Å². The summed E-state index contributed by atoms with van der Waals surface area (Å²) < 4.78 is 0.808. The molecule has 0 spiro atoms. The van der Waals surface area contributed by atoms with Crippen molar-refractivity contribution < 1.29 is 0 Å². The van der Waals surface area contributed by atoms with Gasteiger partial charge < -0.3 is 5.32 Å². The van der Waals surface area contributed by atoms with Gasteiger partial charge in [-0.25, -0.2) is 4.98 Å². The highest BCUT2D eigenvalue weighted by molar-refractivity contribution is 7.15. The maximum Gasteiger partial charge on any atom is 0.113 e. The van der Waals surface area contributed by atoms with Gasteiger partial charge in [0.2, 0.25) is 0 Å². The van der Waals surface area contributed by atoms with Gasteiger partial charge in [0, 0.05) is 12.0 Å². The molecule has 0 radical (unpaired) electrons. The van der Waals surface area contributed by atoms with Crippen LogP contribution in [0.25, 0.3) is 0 Å². The van der Waals surface area contributed by atoms with E-state index in [1.54, 1.807) is 17.5 Å². The fraction of sp³-hybridized carbons (Fsp3) is 0.700. The zero-order chi connectivity index (χ0) is 10.1. The Bertz CT molecular complexity index is 311. The Morgan fingerprint density at radius 3 is 3.07 bits per heavy atom. The Morgan fingerprint density at radius 1 is 1.71 bits per heavy atom. The van der Waals surface area contributed by atoms with Gasteiger partial charge in [-0.3, -0.25) is 0 Å². The van der Waals surface area contributed by atoms with Gasteiger partial charge in [0.15, 0.2) is 0 Å². The average molecular weight is 231 g/mol. The molecule has 78 valence electrons. The van der Waals surface area contributed by atoms with Crippen molar-refractivity contribution in [3.05, 3.63) is 15.5 Å². The van der Waals surface area contributed by atoms with Crippen molar-refractivity contribution in [2.45, 2.75) is 32.2 Å². The van der Waals surface area contributed by atoms with Gasteiger partial charge in [0.25, 0.3) is 0 Å². The van der Waals surface area contributed by atoms with Crippen molar-refractivity contribution >= 4 is 22.9 Å². The highest BCUT2D eigenvalue weighted by Crippen LogP contribution is 2.48. The van der Waals surface area contributed by atoms with E-state index in [0.29, 0.717) is 12.0 Å². The fourth-order valence-corrected chi connectivity index (χ4v) is 2.74. The Morgan fingerprint density at radius 2 is 2.50 bits per heavy atom. The zero-order valence-corrected chi connectivity index (χ0v) is 10.0. The van der Waals surface area contributed by atoms with E-state index in [2.05, 4.69) is 24.1 Å². The minimum absolute atomic E-state index is 0.580. The fourth-order valence-electron chi connectivity index (χ4n) is 1.60. The molecule has 1 aliphatic rings. The smallest absolute Gasteiger partial charge is 0.113 e. The van der Waals surface area contributed by atoms with E-state index in [9.17, 15) is 0 Å². The Labute approximate surface area is 93.7 Å². The van der Waals surface area contributed by atoms with E-state index >= 15 is 0 Å². The summed E-state index contributed by atoms with van der Waals surface area (Å²) in [6.45, 7) is 5.47. The second-order valence-corrected chi connectivity index (χ2v) is 5.86. The van der Waals surface area contributed by atoms with Gasteiger partial charge >= 0.3 is 0 Å². The summed E-state index contributed by atoms with van der Waals surface area (Å²) in [4.78, 5) is 4.31. The van der Waals surface area contributed by atoms with Gasteiger partial charge in [-0.1, -0.05) is 25.4 Å². The van der Waals surface area contributed by atoms with E-state index < -0.39 is 0 Å². The molecular formula is C10H15ClN2S. The van der Waals surface area contributed by atoms with Gasteiger partial charge in [-0.05, 0) is 18.9 Å². The molecule has 1 aliphatic carbocycles. The molecule has 0 amide bonds. The predicted octanol–water partition coefficient (Wildman–Crippen LogP) is 2.90. The molecule has 1 aromatic heterocycles. The number of hydrogen-bond acceptors (Lipinski definition) is 3. The summed E-state index contributed by atoms with van der Waals surface area (Å²) in [5.41, 5.74) is 0. The van der Waals surface area contributed by atoms with Crippen LogP contribution >= 0.6 is 22.9 Å². The first-order valence-corrected chi connectivity index (χ1v) is 6.21. The molecule has 1 fully saturated rings. The van der Waals surface area contributed by atoms with Crippen molar-refractivity contribution in [3.63, 3.8) is 0 Å². The maximum absolute atomic E-state index is 5.85. The molecule has 1 aromatic rings. The monoisotopic (exact) mass is 230 g/mol. The summed E-state index contributed by atoms with van der Waals surface area (Å²) in [6.07, 6.45) is 3.02. The standard InChI is InChI=1S/C10H15ClN2S/c1-6(2)12-4-7-3-8(7)10-13-5-9(11)14-10/h5-8,12H,3-4H2,1-2H3. The number of aromatic nitrogens is 1. The molecule has 2 atom stereocenters. The first-order valence-electron chi connectivity index (χ1n) is 5.01. The first-order chi connectivity index (χ1) is 6.66. The number of rotatable bonds is 4. The highest BCUT2D eigenvalue weighted by atomic mass is 35.5. The van der Waals surface area contributed by atoms with Crippen molar-refractivity contribution in [1.82, 2.24) is 10.3 Å². The molecule has 0 saturated heterocycles. The molecule has 2 rings (SSSR count). The largest absolute Gasteiger partial charge is 0.314 e. The minimum Gasteiger partial charge on any atom is -0.314 e. The van der Waals surface area contributed by atoms with Crippen LogP contribution in [0.5, 0.6) is 0 Å². The lowest BCUT2D eigenvalue weighted by Gasteiger charge is -2.06. The van der Waals surface area contributed by atoms with Crippen LogP contribution in [0, 0.1) is 5.92 Å². The summed E-state index contributed by atoms with van der Waals surface area (Å²) in [5, 5.41) is 4.67. The number of thiazole rings is 1. The van der Waals surface area contributed by atoms with Crippen LogP contribution in [0.15, 0.2) is 6.20 Å². The van der Waals surface area contributed by atoms with Crippen LogP contribution in [-0.4, -0.2) is 17.6 Å². The summed E-state index contributed by atoms with van der Waals surface area (Å²) in [6, 6.07) is 0.580. The summed E-state index contributed by atoms with van der Waals surface area (Å²) >= 11 is 7.47. The predicted molar refractivity (Wildman–Crippen MR) is 61.1 cm³/mol. The maximum atomic E-state index is 5.85. The topological polar surface area (TPSA) is 24.9 Å². The molecule has 1 N–H and O–H groups in total. The minimum atomic E-state index is 0.580. The Hall–Kier alpha value is -0.120. The van der Waals surface area contributed by atoms with E-state index in [-0.39, 0.29) is 0 Å². The molecule has 1 heterocycles. The summed E-state index contributed by atoms with van der Waals surface area (Å²) in [7, 11) is 0. The van der Waals surface area contributed by atoms with Crippen LogP contribution in [0.3, 0.4) is 0 Å². The third-order valence-electron chi connectivity index (χ3n) is 2.52. The lowest BCUT2D eigenvalue weighted by molar-refractivity contribution is 0.554. The van der Waals surface area contributed by atoms with Gasteiger partial charge in [-0.15, -0.1) is 11.3 Å². The van der Waals surface area contributed by atoms with Gasteiger partial charge in [0.05, 0.1) is 11.2 Å². The van der Waals surface area contributed by atoms with Crippen molar-refractivity contribution in [3.8, 4) is 0 Å². The van der Waals surface area contributed by atoms with E-state index in [4.69, 9.17) is 11.6 Å². The molecule has 14 heavy (non-hydrogen) atoms. The van der Waals surface area contributed by atoms with E-state index in [0.717, 1.165) is 16.8 Å². The van der Waals surface area contributed by atoms with Gasteiger partial charge in [-0.2, -0.15) is 0 Å². The number of nitrogens with one attached hydrogen (secondary N) is 1. The number of halogens is 1. The molecular weight excluding hydrogens is 216 g/mol. The van der Waals surface area contributed by atoms with Crippen molar-refractivity contribution in [2.24, 2.45) is 5.92 Å². The highest BCUT2D eigenvalue weighted by Gasteiger charge is 2.39.